The first-order chi connectivity index (χ1) is 8.44. The molecule has 0 aliphatic carbocycles. The van der Waals surface area contributed by atoms with E-state index in [1.54, 1.807) is 11.8 Å². The fourth-order valence-corrected chi connectivity index (χ4v) is 3.66. The highest BCUT2D eigenvalue weighted by molar-refractivity contribution is 7.91. The molecule has 1 fully saturated rings. The van der Waals surface area contributed by atoms with Gasteiger partial charge in [0.1, 0.15) is 0 Å². The van der Waals surface area contributed by atoms with Crippen LogP contribution in [0.5, 0.6) is 0 Å². The monoisotopic (exact) mass is 274 g/mol. The quantitative estimate of drug-likeness (QED) is 0.842. The maximum atomic E-state index is 14.0. The zero-order valence-corrected chi connectivity index (χ0v) is 10.8. The summed E-state index contributed by atoms with van der Waals surface area (Å²) in [5, 5.41) is 9.01. The molecule has 0 saturated carbocycles. The Balaban J connectivity index is 2.33. The Morgan fingerprint density at radius 1 is 1.61 bits per heavy atom. The van der Waals surface area contributed by atoms with Crippen LogP contribution in [0.1, 0.15) is 12.5 Å². The molecule has 0 amide bonds. The summed E-state index contributed by atoms with van der Waals surface area (Å²) < 4.78 is 36.9. The highest BCUT2D eigenvalue weighted by atomic mass is 32.2. The summed E-state index contributed by atoms with van der Waals surface area (Å²) in [6.45, 7) is 1.55. The van der Waals surface area contributed by atoms with E-state index < -0.39 is 22.3 Å². The first kappa shape index (κ1) is 13.2. The number of anilines is 1. The molecule has 0 bridgehead atoms. The second-order valence-electron chi connectivity index (χ2n) is 4.42. The average molecular weight is 274 g/mol. The lowest BCUT2D eigenvalue weighted by molar-refractivity contribution is 0.275. The minimum absolute atomic E-state index is 0.00180. The number of aliphatic hydroxyl groups excluding tert-OH is 1. The van der Waals surface area contributed by atoms with Crippen molar-refractivity contribution in [1.82, 2.24) is 4.98 Å². The summed E-state index contributed by atoms with van der Waals surface area (Å²) in [6.07, 6.45) is 1.42. The van der Waals surface area contributed by atoms with Gasteiger partial charge in [0.15, 0.2) is 21.5 Å². The normalized spacial score (nSPS) is 23.1. The van der Waals surface area contributed by atoms with Gasteiger partial charge in [-0.05, 0) is 13.0 Å². The lowest BCUT2D eigenvalue weighted by Crippen LogP contribution is -2.47. The van der Waals surface area contributed by atoms with Crippen molar-refractivity contribution >= 4 is 15.7 Å². The molecule has 7 heteroatoms. The van der Waals surface area contributed by atoms with E-state index in [2.05, 4.69) is 4.98 Å². The molecule has 1 aromatic heterocycles. The van der Waals surface area contributed by atoms with Gasteiger partial charge in [-0.2, -0.15) is 0 Å². The lowest BCUT2D eigenvalue weighted by Gasteiger charge is -2.34. The van der Waals surface area contributed by atoms with E-state index in [4.69, 9.17) is 5.11 Å². The van der Waals surface area contributed by atoms with Crippen molar-refractivity contribution in [1.29, 1.82) is 0 Å². The van der Waals surface area contributed by atoms with Crippen LogP contribution in [0, 0.1) is 5.82 Å². The van der Waals surface area contributed by atoms with Crippen LogP contribution in [-0.4, -0.2) is 42.6 Å². The maximum absolute atomic E-state index is 14.0. The van der Waals surface area contributed by atoms with Crippen LogP contribution in [0.3, 0.4) is 0 Å². The summed E-state index contributed by atoms with van der Waals surface area (Å²) >= 11 is 0. The van der Waals surface area contributed by atoms with Crippen molar-refractivity contribution in [2.75, 3.05) is 23.0 Å². The van der Waals surface area contributed by atoms with Crippen molar-refractivity contribution in [2.45, 2.75) is 19.6 Å². The van der Waals surface area contributed by atoms with E-state index in [-0.39, 0.29) is 35.5 Å². The number of hydrogen-bond donors (Lipinski definition) is 1. The molecular weight excluding hydrogens is 259 g/mol. The smallest absolute Gasteiger partial charge is 0.171 e. The summed E-state index contributed by atoms with van der Waals surface area (Å²) in [5.41, 5.74) is 0.167. The molecule has 1 saturated heterocycles. The van der Waals surface area contributed by atoms with Crippen LogP contribution in [0.25, 0.3) is 0 Å². The molecule has 1 aliphatic heterocycles. The molecular formula is C11H15FN2O3S. The van der Waals surface area contributed by atoms with E-state index in [1.807, 2.05) is 0 Å². The molecule has 1 unspecified atom stereocenters. The molecule has 2 rings (SSSR count). The van der Waals surface area contributed by atoms with E-state index in [9.17, 15) is 12.8 Å². The van der Waals surface area contributed by atoms with E-state index in [0.29, 0.717) is 0 Å². The van der Waals surface area contributed by atoms with Gasteiger partial charge in [-0.1, -0.05) is 0 Å². The number of sulfone groups is 1. The molecule has 1 aromatic rings. The standard InChI is InChI=1S/C11H15FN2O3S/c1-8-7-18(16,17)5-4-14(8)11-10(12)9(6-15)2-3-13-11/h2-3,8,15H,4-7H2,1H3. The minimum Gasteiger partial charge on any atom is -0.392 e. The predicted octanol–water partition coefficient (Wildman–Crippen LogP) is 0.336. The Bertz CT molecular complexity index is 547. The van der Waals surface area contributed by atoms with E-state index >= 15 is 0 Å². The van der Waals surface area contributed by atoms with Gasteiger partial charge >= 0.3 is 0 Å². The minimum atomic E-state index is -3.04. The number of pyridine rings is 1. The van der Waals surface area contributed by atoms with Crippen LogP contribution in [0.15, 0.2) is 12.3 Å². The molecule has 100 valence electrons. The maximum Gasteiger partial charge on any atom is 0.171 e. The third-order valence-electron chi connectivity index (χ3n) is 3.06. The Labute approximate surface area is 105 Å². The van der Waals surface area contributed by atoms with Crippen molar-refractivity contribution < 1.29 is 17.9 Å². The van der Waals surface area contributed by atoms with Crippen LogP contribution in [-0.2, 0) is 16.4 Å². The first-order valence-corrected chi connectivity index (χ1v) is 7.48. The third kappa shape index (κ3) is 2.46. The molecule has 18 heavy (non-hydrogen) atoms. The molecule has 5 nitrogen and oxygen atoms in total. The van der Waals surface area contributed by atoms with Gasteiger partial charge in [-0.25, -0.2) is 17.8 Å². The molecule has 0 radical (unpaired) electrons. The topological polar surface area (TPSA) is 70.5 Å². The molecule has 0 spiro atoms. The number of aromatic nitrogens is 1. The highest BCUT2D eigenvalue weighted by Gasteiger charge is 2.30. The Morgan fingerprint density at radius 2 is 2.33 bits per heavy atom. The van der Waals surface area contributed by atoms with Gasteiger partial charge < -0.3 is 10.0 Å². The zero-order valence-electron chi connectivity index (χ0n) is 10.0. The fraction of sp³-hybridized carbons (Fsp3) is 0.545. The first-order valence-electron chi connectivity index (χ1n) is 5.66. The van der Waals surface area contributed by atoms with Crippen molar-refractivity contribution in [3.63, 3.8) is 0 Å². The molecule has 2 heterocycles. The Kier molecular flexibility index (Phi) is 3.54. The predicted molar refractivity (Wildman–Crippen MR) is 65.6 cm³/mol. The lowest BCUT2D eigenvalue weighted by atomic mass is 10.2. The number of hydrogen-bond acceptors (Lipinski definition) is 5. The molecule has 1 N–H and O–H groups in total. The highest BCUT2D eigenvalue weighted by Crippen LogP contribution is 2.24. The second kappa shape index (κ2) is 4.81. The fourth-order valence-electron chi connectivity index (χ4n) is 2.11. The number of rotatable bonds is 2. The number of nitrogens with zero attached hydrogens (tertiary/aromatic N) is 2. The second-order valence-corrected chi connectivity index (χ2v) is 6.65. The van der Waals surface area contributed by atoms with E-state index in [0.717, 1.165) is 0 Å². The van der Waals surface area contributed by atoms with Gasteiger partial charge in [0.05, 0.1) is 18.1 Å². The van der Waals surface area contributed by atoms with Crippen molar-refractivity contribution in [3.8, 4) is 0 Å². The van der Waals surface area contributed by atoms with Gasteiger partial charge in [-0.3, -0.25) is 0 Å². The van der Waals surface area contributed by atoms with Crippen LogP contribution >= 0.6 is 0 Å². The summed E-state index contributed by atoms with van der Waals surface area (Å²) in [5.74, 6) is -0.464. The molecule has 0 aromatic carbocycles. The van der Waals surface area contributed by atoms with Crippen molar-refractivity contribution in [3.05, 3.63) is 23.6 Å². The Hall–Kier alpha value is -1.21. The molecule has 1 atom stereocenters. The number of halogens is 1. The van der Waals surface area contributed by atoms with E-state index in [1.165, 1.54) is 12.3 Å². The largest absolute Gasteiger partial charge is 0.392 e. The van der Waals surface area contributed by atoms with Crippen LogP contribution in [0.4, 0.5) is 10.2 Å². The van der Waals surface area contributed by atoms with Gasteiger partial charge in [0, 0.05) is 24.3 Å². The van der Waals surface area contributed by atoms with Gasteiger partial charge in [0.25, 0.3) is 0 Å². The zero-order chi connectivity index (χ0) is 13.3. The average Bonchev–Trinajstić information content (AvgIpc) is 2.29. The third-order valence-corrected chi connectivity index (χ3v) is 4.86. The number of aliphatic hydroxyl groups is 1. The van der Waals surface area contributed by atoms with Crippen LogP contribution < -0.4 is 4.90 Å². The summed E-state index contributed by atoms with van der Waals surface area (Å²) in [7, 11) is -3.04. The van der Waals surface area contributed by atoms with Crippen LogP contribution in [0.2, 0.25) is 0 Å². The Morgan fingerprint density at radius 3 is 2.94 bits per heavy atom. The summed E-state index contributed by atoms with van der Waals surface area (Å²) in [4.78, 5) is 5.59. The van der Waals surface area contributed by atoms with Gasteiger partial charge in [0.2, 0.25) is 0 Å². The summed E-state index contributed by atoms with van der Waals surface area (Å²) in [6, 6.07) is 1.09. The van der Waals surface area contributed by atoms with Crippen molar-refractivity contribution in [2.24, 2.45) is 0 Å². The SMILES string of the molecule is CC1CS(=O)(=O)CCN1c1nccc(CO)c1F. The molecule has 1 aliphatic rings. The van der Waals surface area contributed by atoms with Gasteiger partial charge in [-0.15, -0.1) is 0 Å².